The summed E-state index contributed by atoms with van der Waals surface area (Å²) in [4.78, 5) is 26.4. The third kappa shape index (κ3) is 6.45. The van der Waals surface area contributed by atoms with Gasteiger partial charge in [0, 0.05) is 59.4 Å². The molecule has 178 valence electrons. The molecule has 2 fully saturated rings. The maximum absolute atomic E-state index is 12.7. The van der Waals surface area contributed by atoms with Gasteiger partial charge in [0.05, 0.1) is 6.04 Å². The zero-order valence-corrected chi connectivity index (χ0v) is 20.5. The van der Waals surface area contributed by atoms with Crippen LogP contribution in [0, 0.1) is 0 Å². The molecule has 7 nitrogen and oxygen atoms in total. The molecule has 7 heteroatoms. The molecule has 2 heterocycles. The van der Waals surface area contributed by atoms with Gasteiger partial charge in [-0.3, -0.25) is 19.6 Å². The summed E-state index contributed by atoms with van der Waals surface area (Å²) in [5, 5.41) is 3.54. The van der Waals surface area contributed by atoms with Crippen molar-refractivity contribution in [3.8, 4) is 0 Å². The molecule has 1 atom stereocenters. The smallest absolute Gasteiger partial charge is 0.239 e. The van der Waals surface area contributed by atoms with E-state index in [0.717, 1.165) is 84.2 Å². The van der Waals surface area contributed by atoms with Crippen LogP contribution in [0.5, 0.6) is 0 Å². The van der Waals surface area contributed by atoms with Gasteiger partial charge in [0.15, 0.2) is 5.96 Å². The summed E-state index contributed by atoms with van der Waals surface area (Å²) in [7, 11) is 1.85. The number of hydrogen-bond donors (Lipinski definition) is 1. The molecule has 32 heavy (non-hydrogen) atoms. The van der Waals surface area contributed by atoms with Gasteiger partial charge in [-0.2, -0.15) is 0 Å². The highest BCUT2D eigenvalue weighted by Gasteiger charge is 2.30. The van der Waals surface area contributed by atoms with E-state index in [4.69, 9.17) is 0 Å². The van der Waals surface area contributed by atoms with Crippen molar-refractivity contribution in [3.05, 3.63) is 35.4 Å². The van der Waals surface area contributed by atoms with Gasteiger partial charge >= 0.3 is 0 Å². The first-order valence-corrected chi connectivity index (χ1v) is 12.3. The van der Waals surface area contributed by atoms with E-state index in [1.54, 1.807) is 0 Å². The first-order valence-electron chi connectivity index (χ1n) is 12.3. The Morgan fingerprint density at radius 1 is 1.03 bits per heavy atom. The summed E-state index contributed by atoms with van der Waals surface area (Å²) < 4.78 is 0. The summed E-state index contributed by atoms with van der Waals surface area (Å²) in [6, 6.07) is 8.80. The Morgan fingerprint density at radius 3 is 2.31 bits per heavy atom. The number of guanidine groups is 1. The van der Waals surface area contributed by atoms with Crippen LogP contribution in [0.4, 0.5) is 0 Å². The predicted octanol–water partition coefficient (Wildman–Crippen LogP) is 2.23. The second-order valence-corrected chi connectivity index (χ2v) is 8.91. The molecule has 0 spiro atoms. The number of carbonyl (C=O) groups excluding carboxylic acids is 1. The van der Waals surface area contributed by atoms with E-state index in [0.29, 0.717) is 5.91 Å². The summed E-state index contributed by atoms with van der Waals surface area (Å²) >= 11 is 0. The number of benzene rings is 1. The van der Waals surface area contributed by atoms with Crippen molar-refractivity contribution >= 4 is 11.9 Å². The van der Waals surface area contributed by atoms with E-state index in [1.807, 2.05) is 11.9 Å². The predicted molar refractivity (Wildman–Crippen MR) is 132 cm³/mol. The van der Waals surface area contributed by atoms with Crippen molar-refractivity contribution in [1.82, 2.24) is 24.9 Å². The zero-order chi connectivity index (χ0) is 22.9. The molecule has 2 aliphatic heterocycles. The number of carbonyl (C=O) groups is 1. The number of nitrogens with one attached hydrogen (secondary N) is 1. The van der Waals surface area contributed by atoms with E-state index < -0.39 is 0 Å². The van der Waals surface area contributed by atoms with Crippen LogP contribution >= 0.6 is 0 Å². The number of likely N-dealkylation sites (tertiary alicyclic amines) is 1. The van der Waals surface area contributed by atoms with Gasteiger partial charge in [-0.25, -0.2) is 0 Å². The molecule has 1 N–H and O–H groups in total. The normalized spacial score (nSPS) is 19.0. The Bertz CT molecular complexity index is 749. The van der Waals surface area contributed by atoms with Gasteiger partial charge in [-0.05, 0) is 44.0 Å². The average Bonchev–Trinajstić information content (AvgIpc) is 3.38. The molecule has 3 rings (SSSR count). The lowest BCUT2D eigenvalue weighted by Gasteiger charge is -2.39. The van der Waals surface area contributed by atoms with Gasteiger partial charge in [-0.1, -0.05) is 38.1 Å². The van der Waals surface area contributed by atoms with Crippen LogP contribution in [0.3, 0.4) is 0 Å². The SMILES string of the molecule is CCN(CC)Cc1cccc(CNC(=NC)N2CCN(C(C)C(=O)N3CCCC3)CC2)c1. The Labute approximate surface area is 194 Å². The number of rotatable bonds is 8. The number of aliphatic imine (C=N–C) groups is 1. The monoisotopic (exact) mass is 442 g/mol. The van der Waals surface area contributed by atoms with Crippen LogP contribution in [-0.2, 0) is 17.9 Å². The molecule has 0 radical (unpaired) electrons. The lowest BCUT2D eigenvalue weighted by atomic mass is 10.1. The fourth-order valence-electron chi connectivity index (χ4n) is 4.74. The number of nitrogens with zero attached hydrogens (tertiary/aromatic N) is 5. The molecule has 1 unspecified atom stereocenters. The number of hydrogen-bond acceptors (Lipinski definition) is 4. The summed E-state index contributed by atoms with van der Waals surface area (Å²) in [6.45, 7) is 15.8. The van der Waals surface area contributed by atoms with Crippen molar-refractivity contribution in [2.24, 2.45) is 4.99 Å². The Kier molecular flexibility index (Phi) is 9.36. The minimum absolute atomic E-state index is 0.0289. The molecule has 1 aromatic carbocycles. The lowest BCUT2D eigenvalue weighted by Crippen LogP contribution is -2.57. The van der Waals surface area contributed by atoms with Crippen molar-refractivity contribution in [2.75, 3.05) is 59.4 Å². The molecule has 0 aromatic heterocycles. The van der Waals surface area contributed by atoms with E-state index in [1.165, 1.54) is 11.1 Å². The second-order valence-electron chi connectivity index (χ2n) is 8.91. The van der Waals surface area contributed by atoms with Crippen LogP contribution in [-0.4, -0.2) is 96.9 Å². The molecule has 0 saturated carbocycles. The maximum atomic E-state index is 12.7. The first-order chi connectivity index (χ1) is 15.5. The van der Waals surface area contributed by atoms with Crippen molar-refractivity contribution in [3.63, 3.8) is 0 Å². The Hall–Kier alpha value is -2.12. The summed E-state index contributed by atoms with van der Waals surface area (Å²) in [5.41, 5.74) is 2.63. The standard InChI is InChI=1S/C25H42N6O/c1-5-28(6-2)20-23-11-9-10-22(18-23)19-27-25(26-4)31-16-14-29(15-17-31)21(3)24(32)30-12-7-8-13-30/h9-11,18,21H,5-8,12-17,19-20H2,1-4H3,(H,26,27). The zero-order valence-electron chi connectivity index (χ0n) is 20.5. The molecular formula is C25H42N6O. The topological polar surface area (TPSA) is 54.4 Å². The summed E-state index contributed by atoms with van der Waals surface area (Å²) in [5.74, 6) is 1.24. The largest absolute Gasteiger partial charge is 0.352 e. The minimum atomic E-state index is -0.0289. The van der Waals surface area contributed by atoms with Gasteiger partial charge in [0.25, 0.3) is 0 Å². The number of piperazine rings is 1. The molecular weight excluding hydrogens is 400 g/mol. The third-order valence-corrected chi connectivity index (χ3v) is 6.89. The van der Waals surface area contributed by atoms with Gasteiger partial charge in [0.1, 0.15) is 0 Å². The van der Waals surface area contributed by atoms with Crippen molar-refractivity contribution in [1.29, 1.82) is 0 Å². The Balaban J connectivity index is 1.48. The molecule has 0 aliphatic carbocycles. The van der Waals surface area contributed by atoms with E-state index in [2.05, 4.69) is 70.0 Å². The fourth-order valence-corrected chi connectivity index (χ4v) is 4.74. The molecule has 2 saturated heterocycles. The number of amides is 1. The summed E-state index contributed by atoms with van der Waals surface area (Å²) in [6.07, 6.45) is 2.29. The molecule has 1 aromatic rings. The van der Waals surface area contributed by atoms with E-state index >= 15 is 0 Å². The maximum Gasteiger partial charge on any atom is 0.239 e. The van der Waals surface area contributed by atoms with Crippen molar-refractivity contribution < 1.29 is 4.79 Å². The van der Waals surface area contributed by atoms with Crippen LogP contribution in [0.15, 0.2) is 29.3 Å². The van der Waals surface area contributed by atoms with Crippen LogP contribution in [0.1, 0.15) is 44.7 Å². The van der Waals surface area contributed by atoms with Crippen LogP contribution in [0.25, 0.3) is 0 Å². The highest BCUT2D eigenvalue weighted by Crippen LogP contribution is 2.14. The minimum Gasteiger partial charge on any atom is -0.352 e. The molecule has 1 amide bonds. The van der Waals surface area contributed by atoms with Crippen LogP contribution in [0.2, 0.25) is 0 Å². The Morgan fingerprint density at radius 2 is 1.69 bits per heavy atom. The first kappa shape index (κ1) is 24.5. The van der Waals surface area contributed by atoms with Crippen molar-refractivity contribution in [2.45, 2.75) is 52.7 Å². The molecule has 0 bridgehead atoms. The lowest BCUT2D eigenvalue weighted by molar-refractivity contribution is -0.135. The van der Waals surface area contributed by atoms with Gasteiger partial charge in [-0.15, -0.1) is 0 Å². The molecule has 2 aliphatic rings. The van der Waals surface area contributed by atoms with Crippen LogP contribution < -0.4 is 5.32 Å². The highest BCUT2D eigenvalue weighted by molar-refractivity contribution is 5.82. The highest BCUT2D eigenvalue weighted by atomic mass is 16.2. The van der Waals surface area contributed by atoms with E-state index in [-0.39, 0.29) is 6.04 Å². The quantitative estimate of drug-likeness (QED) is 0.494. The third-order valence-electron chi connectivity index (χ3n) is 6.89. The average molecular weight is 443 g/mol. The van der Waals surface area contributed by atoms with Gasteiger partial charge in [0.2, 0.25) is 5.91 Å². The fraction of sp³-hybridized carbons (Fsp3) is 0.680. The van der Waals surface area contributed by atoms with E-state index in [9.17, 15) is 4.79 Å². The second kappa shape index (κ2) is 12.2. The van der Waals surface area contributed by atoms with Gasteiger partial charge < -0.3 is 15.1 Å².